The van der Waals surface area contributed by atoms with Crippen molar-refractivity contribution < 1.29 is 9.90 Å². The molecule has 0 aromatic heterocycles. The van der Waals surface area contributed by atoms with E-state index in [4.69, 9.17) is 0 Å². The third-order valence-electron chi connectivity index (χ3n) is 7.49. The molecule has 3 N–H and O–H groups in total. The van der Waals surface area contributed by atoms with E-state index < -0.39 is 5.60 Å². The lowest BCUT2D eigenvalue weighted by atomic mass is 9.62. The predicted molar refractivity (Wildman–Crippen MR) is 90.0 cm³/mol. The summed E-state index contributed by atoms with van der Waals surface area (Å²) in [6.07, 6.45) is 12.5. The van der Waals surface area contributed by atoms with E-state index in [0.29, 0.717) is 18.4 Å². The Morgan fingerprint density at radius 2 is 1.78 bits per heavy atom. The highest BCUT2D eigenvalue weighted by atomic mass is 16.3. The highest BCUT2D eigenvalue weighted by Crippen LogP contribution is 2.49. The lowest BCUT2D eigenvalue weighted by molar-refractivity contribution is -0.0931. The van der Waals surface area contributed by atoms with Gasteiger partial charge in [0.1, 0.15) is 0 Å². The molecule has 4 unspecified atom stereocenters. The smallest absolute Gasteiger partial charge is 0.314 e. The highest BCUT2D eigenvalue weighted by molar-refractivity contribution is 5.73. The van der Waals surface area contributed by atoms with E-state index >= 15 is 0 Å². The van der Waals surface area contributed by atoms with E-state index in [0.717, 1.165) is 50.0 Å². The summed E-state index contributed by atoms with van der Waals surface area (Å²) in [6, 6.07) is -0.0944. The Morgan fingerprint density at radius 3 is 2.39 bits per heavy atom. The van der Waals surface area contributed by atoms with Crippen LogP contribution in [0.25, 0.3) is 0 Å². The average molecular weight is 320 g/mol. The number of aliphatic hydroxyl groups is 1. The fourth-order valence-corrected chi connectivity index (χ4v) is 6.18. The summed E-state index contributed by atoms with van der Waals surface area (Å²) in [5.41, 5.74) is -0.650. The maximum atomic E-state index is 12.0. The van der Waals surface area contributed by atoms with Gasteiger partial charge in [-0.1, -0.05) is 6.42 Å². The second-order valence-corrected chi connectivity index (χ2v) is 8.86. The van der Waals surface area contributed by atoms with Gasteiger partial charge in [0.25, 0.3) is 0 Å². The standard InChI is InChI=1S/C19H32N2O2/c22-18(20-8-7-16-10-14-1-4-15(16)9-14)21-12-19(23)11-13-2-5-17(19)6-3-13/h13-17,23H,1-12H2,(H2,20,21,22). The quantitative estimate of drug-likeness (QED) is 0.729. The molecule has 4 heteroatoms. The number of fused-ring (bicyclic) bond motifs is 5. The zero-order chi connectivity index (χ0) is 15.9. The van der Waals surface area contributed by atoms with Gasteiger partial charge in [-0.3, -0.25) is 0 Å². The SMILES string of the molecule is O=C(NCCC1CC2CCC1C2)NCC1(O)CC2CCC1CC2. The normalized spacial score (nSPS) is 44.5. The van der Waals surface area contributed by atoms with Crippen LogP contribution in [0.5, 0.6) is 0 Å². The number of amides is 2. The van der Waals surface area contributed by atoms with E-state index in [1.165, 1.54) is 38.5 Å². The number of rotatable bonds is 5. The molecule has 0 spiro atoms. The van der Waals surface area contributed by atoms with Crippen LogP contribution in [0.1, 0.15) is 64.2 Å². The third-order valence-corrected chi connectivity index (χ3v) is 7.49. The summed E-state index contributed by atoms with van der Waals surface area (Å²) >= 11 is 0. The first kappa shape index (κ1) is 15.7. The second-order valence-electron chi connectivity index (χ2n) is 8.86. The minimum atomic E-state index is -0.650. The molecule has 4 bridgehead atoms. The van der Waals surface area contributed by atoms with Crippen LogP contribution in [-0.4, -0.2) is 29.8 Å². The summed E-state index contributed by atoms with van der Waals surface area (Å²) in [5.74, 6) is 3.82. The molecule has 5 aliphatic carbocycles. The van der Waals surface area contributed by atoms with Gasteiger partial charge in [-0.2, -0.15) is 0 Å². The van der Waals surface area contributed by atoms with Crippen molar-refractivity contribution in [1.29, 1.82) is 0 Å². The second kappa shape index (κ2) is 6.27. The molecule has 0 aromatic rings. The lowest BCUT2D eigenvalue weighted by Gasteiger charge is -2.48. The van der Waals surface area contributed by atoms with Gasteiger partial charge in [0, 0.05) is 13.1 Å². The van der Waals surface area contributed by atoms with Crippen LogP contribution in [0.3, 0.4) is 0 Å². The fraction of sp³-hybridized carbons (Fsp3) is 0.947. The molecule has 130 valence electrons. The molecular formula is C19H32N2O2. The first-order valence-corrected chi connectivity index (χ1v) is 9.86. The van der Waals surface area contributed by atoms with Gasteiger partial charge in [-0.25, -0.2) is 4.79 Å². The van der Waals surface area contributed by atoms with E-state index in [-0.39, 0.29) is 6.03 Å². The zero-order valence-corrected chi connectivity index (χ0v) is 14.2. The molecule has 0 aliphatic heterocycles. The maximum Gasteiger partial charge on any atom is 0.314 e. The summed E-state index contributed by atoms with van der Waals surface area (Å²) < 4.78 is 0. The van der Waals surface area contributed by atoms with Crippen LogP contribution in [-0.2, 0) is 0 Å². The Kier molecular flexibility index (Phi) is 4.29. The van der Waals surface area contributed by atoms with Crippen LogP contribution in [0, 0.1) is 29.6 Å². The van der Waals surface area contributed by atoms with Crippen LogP contribution in [0.4, 0.5) is 4.79 Å². The van der Waals surface area contributed by atoms with Crippen molar-refractivity contribution in [2.75, 3.05) is 13.1 Å². The molecule has 5 fully saturated rings. The van der Waals surface area contributed by atoms with E-state index in [1.54, 1.807) is 0 Å². The number of carbonyl (C=O) groups excluding carboxylic acids is 1. The van der Waals surface area contributed by atoms with Crippen LogP contribution in [0.15, 0.2) is 0 Å². The average Bonchev–Trinajstić information content (AvgIpc) is 3.17. The third kappa shape index (κ3) is 3.24. The van der Waals surface area contributed by atoms with Gasteiger partial charge in [0.15, 0.2) is 0 Å². The molecule has 5 rings (SSSR count). The van der Waals surface area contributed by atoms with Gasteiger partial charge in [0.2, 0.25) is 0 Å². The van der Waals surface area contributed by atoms with Crippen molar-refractivity contribution in [3.8, 4) is 0 Å². The first-order valence-electron chi connectivity index (χ1n) is 9.86. The minimum Gasteiger partial charge on any atom is -0.388 e. The number of hydrogen-bond donors (Lipinski definition) is 3. The van der Waals surface area contributed by atoms with Crippen molar-refractivity contribution in [2.45, 2.75) is 69.8 Å². The lowest BCUT2D eigenvalue weighted by Crippen LogP contribution is -2.55. The zero-order valence-electron chi connectivity index (χ0n) is 14.2. The molecule has 4 nitrogen and oxygen atoms in total. The van der Waals surface area contributed by atoms with Gasteiger partial charge in [0.05, 0.1) is 5.60 Å². The largest absolute Gasteiger partial charge is 0.388 e. The molecule has 5 aliphatic rings. The molecule has 4 atom stereocenters. The minimum absolute atomic E-state index is 0.0944. The predicted octanol–water partition coefficient (Wildman–Crippen LogP) is 3.05. The molecule has 5 saturated carbocycles. The molecule has 2 amide bonds. The summed E-state index contributed by atoms with van der Waals surface area (Å²) in [4.78, 5) is 12.0. The van der Waals surface area contributed by atoms with Gasteiger partial charge in [-0.15, -0.1) is 0 Å². The van der Waals surface area contributed by atoms with E-state index in [2.05, 4.69) is 10.6 Å². The van der Waals surface area contributed by atoms with Crippen molar-refractivity contribution >= 4 is 6.03 Å². The van der Waals surface area contributed by atoms with Crippen molar-refractivity contribution in [3.63, 3.8) is 0 Å². The number of carbonyl (C=O) groups is 1. The Bertz CT molecular complexity index is 447. The molecule has 0 heterocycles. The number of nitrogens with one attached hydrogen (secondary N) is 2. The van der Waals surface area contributed by atoms with Gasteiger partial charge in [-0.05, 0) is 87.4 Å². The maximum absolute atomic E-state index is 12.0. The van der Waals surface area contributed by atoms with Gasteiger partial charge >= 0.3 is 6.03 Å². The van der Waals surface area contributed by atoms with Gasteiger partial charge < -0.3 is 15.7 Å². The monoisotopic (exact) mass is 320 g/mol. The van der Waals surface area contributed by atoms with E-state index in [9.17, 15) is 9.90 Å². The fourth-order valence-electron chi connectivity index (χ4n) is 6.18. The Hall–Kier alpha value is -0.770. The molecule has 23 heavy (non-hydrogen) atoms. The topological polar surface area (TPSA) is 61.4 Å². The van der Waals surface area contributed by atoms with Crippen molar-refractivity contribution in [2.24, 2.45) is 29.6 Å². The van der Waals surface area contributed by atoms with Crippen LogP contribution >= 0.6 is 0 Å². The van der Waals surface area contributed by atoms with Crippen LogP contribution < -0.4 is 10.6 Å². The molecule has 0 aromatic carbocycles. The van der Waals surface area contributed by atoms with Crippen molar-refractivity contribution in [3.05, 3.63) is 0 Å². The molecule has 0 radical (unpaired) electrons. The summed E-state index contributed by atoms with van der Waals surface area (Å²) in [7, 11) is 0. The Morgan fingerprint density at radius 1 is 1.00 bits per heavy atom. The molecule has 0 saturated heterocycles. The summed E-state index contributed by atoms with van der Waals surface area (Å²) in [5, 5.41) is 16.8. The van der Waals surface area contributed by atoms with Crippen molar-refractivity contribution in [1.82, 2.24) is 10.6 Å². The first-order chi connectivity index (χ1) is 11.1. The summed E-state index contributed by atoms with van der Waals surface area (Å²) in [6.45, 7) is 1.21. The number of hydrogen-bond acceptors (Lipinski definition) is 2. The van der Waals surface area contributed by atoms with E-state index in [1.807, 2.05) is 0 Å². The van der Waals surface area contributed by atoms with Crippen LogP contribution in [0.2, 0.25) is 0 Å². The number of urea groups is 1. The Balaban J connectivity index is 1.16. The highest BCUT2D eigenvalue weighted by Gasteiger charge is 2.46. The molecular weight excluding hydrogens is 288 g/mol. The Labute approximate surface area is 139 Å².